The molecule has 0 saturated carbocycles. The van der Waals surface area contributed by atoms with Gasteiger partial charge in [-0.2, -0.15) is 0 Å². The van der Waals surface area contributed by atoms with Crippen molar-refractivity contribution in [1.29, 1.82) is 5.41 Å². The van der Waals surface area contributed by atoms with Crippen LogP contribution in [0.1, 0.15) is 15.2 Å². The minimum atomic E-state index is -0.436. The molecule has 0 fully saturated rings. The molecule has 120 valence electrons. The number of pyridine rings is 1. The molecule has 0 bridgehead atoms. The van der Waals surface area contributed by atoms with E-state index in [-0.39, 0.29) is 12.3 Å². The number of rotatable bonds is 5. The molecule has 0 saturated heterocycles. The molecule has 0 spiro atoms. The highest BCUT2D eigenvalue weighted by Crippen LogP contribution is 2.29. The van der Waals surface area contributed by atoms with Crippen LogP contribution in [0, 0.1) is 5.41 Å². The van der Waals surface area contributed by atoms with E-state index in [2.05, 4.69) is 4.98 Å². The van der Waals surface area contributed by atoms with Crippen LogP contribution in [0.4, 0.5) is 0 Å². The van der Waals surface area contributed by atoms with Crippen LogP contribution in [0.25, 0.3) is 10.4 Å². The third kappa shape index (κ3) is 3.88. The number of hydrogen-bond donors (Lipinski definition) is 1. The van der Waals surface area contributed by atoms with Crippen LogP contribution in [0.5, 0.6) is 0 Å². The van der Waals surface area contributed by atoms with Crippen LogP contribution >= 0.6 is 22.9 Å². The number of nitrogens with zero attached hydrogens (tertiary/aromatic N) is 1. The van der Waals surface area contributed by atoms with E-state index in [9.17, 15) is 4.79 Å². The number of benzene rings is 1. The first-order valence-corrected chi connectivity index (χ1v) is 8.33. The summed E-state index contributed by atoms with van der Waals surface area (Å²) in [5.74, 6) is -0.436. The van der Waals surface area contributed by atoms with Crippen molar-refractivity contribution in [2.75, 3.05) is 6.61 Å². The predicted octanol–water partition coefficient (Wildman–Crippen LogP) is 4.69. The van der Waals surface area contributed by atoms with Gasteiger partial charge in [-0.15, -0.1) is 11.3 Å². The van der Waals surface area contributed by atoms with Gasteiger partial charge in [0, 0.05) is 27.9 Å². The fourth-order valence-corrected chi connectivity index (χ4v) is 3.08. The second kappa shape index (κ2) is 7.38. The number of ether oxygens (including phenoxy) is 1. The Morgan fingerprint density at radius 1 is 1.17 bits per heavy atom. The SMILES string of the molecule is N=C(COC(=O)c1ccc(-c2ccc(Cl)cc2)s1)c1cccnc1. The first-order valence-electron chi connectivity index (χ1n) is 7.14. The van der Waals surface area contributed by atoms with E-state index < -0.39 is 5.97 Å². The van der Waals surface area contributed by atoms with Crippen molar-refractivity contribution in [2.45, 2.75) is 0 Å². The summed E-state index contributed by atoms with van der Waals surface area (Å²) in [4.78, 5) is 17.5. The molecule has 4 nitrogen and oxygen atoms in total. The van der Waals surface area contributed by atoms with Crippen molar-refractivity contribution in [3.63, 3.8) is 0 Å². The molecule has 1 N–H and O–H groups in total. The molecule has 1 aromatic carbocycles. The lowest BCUT2D eigenvalue weighted by Gasteiger charge is -2.04. The second-order valence-corrected chi connectivity index (χ2v) is 6.49. The van der Waals surface area contributed by atoms with Gasteiger partial charge in [0.1, 0.15) is 11.5 Å². The standard InChI is InChI=1S/C18H13ClN2O2S/c19-14-5-3-12(4-6-14)16-7-8-17(24-16)18(22)23-11-15(20)13-2-1-9-21-10-13/h1-10,20H,11H2. The van der Waals surface area contributed by atoms with E-state index in [1.165, 1.54) is 11.3 Å². The number of carbonyl (C=O) groups is 1. The van der Waals surface area contributed by atoms with Crippen LogP contribution < -0.4 is 0 Å². The molecule has 0 aliphatic heterocycles. The fraction of sp³-hybridized carbons (Fsp3) is 0.0556. The Bertz CT molecular complexity index is 860. The number of halogens is 1. The maximum absolute atomic E-state index is 12.1. The summed E-state index contributed by atoms with van der Waals surface area (Å²) < 4.78 is 5.21. The zero-order valence-electron chi connectivity index (χ0n) is 12.5. The summed E-state index contributed by atoms with van der Waals surface area (Å²) in [5, 5.41) is 8.59. The summed E-state index contributed by atoms with van der Waals surface area (Å²) in [6.45, 7) is -0.0846. The third-order valence-electron chi connectivity index (χ3n) is 3.29. The summed E-state index contributed by atoms with van der Waals surface area (Å²) in [6.07, 6.45) is 3.20. The van der Waals surface area contributed by atoms with Crippen molar-refractivity contribution in [1.82, 2.24) is 4.98 Å². The van der Waals surface area contributed by atoms with Crippen LogP contribution in [0.15, 0.2) is 60.9 Å². The van der Waals surface area contributed by atoms with E-state index in [1.807, 2.05) is 30.3 Å². The van der Waals surface area contributed by atoms with Gasteiger partial charge in [0.05, 0.1) is 5.71 Å². The van der Waals surface area contributed by atoms with Crippen molar-refractivity contribution in [3.05, 3.63) is 76.4 Å². The Balaban J connectivity index is 1.64. The Kier molecular flexibility index (Phi) is 5.03. The number of esters is 1. The maximum atomic E-state index is 12.1. The molecule has 0 aliphatic rings. The Hall–Kier alpha value is -2.50. The molecule has 2 aromatic heterocycles. The van der Waals surface area contributed by atoms with Gasteiger partial charge in [0.25, 0.3) is 0 Å². The van der Waals surface area contributed by atoms with Gasteiger partial charge >= 0.3 is 5.97 Å². The molecule has 3 rings (SSSR count). The molecule has 0 amide bonds. The molecule has 2 heterocycles. The van der Waals surface area contributed by atoms with E-state index in [4.69, 9.17) is 21.7 Å². The first-order chi connectivity index (χ1) is 11.6. The van der Waals surface area contributed by atoms with Crippen molar-refractivity contribution in [2.24, 2.45) is 0 Å². The zero-order chi connectivity index (χ0) is 16.9. The number of aromatic nitrogens is 1. The lowest BCUT2D eigenvalue weighted by Crippen LogP contribution is -2.13. The smallest absolute Gasteiger partial charge is 0.348 e. The van der Waals surface area contributed by atoms with Gasteiger partial charge in [-0.3, -0.25) is 4.98 Å². The van der Waals surface area contributed by atoms with Crippen molar-refractivity contribution < 1.29 is 9.53 Å². The normalized spacial score (nSPS) is 10.4. The van der Waals surface area contributed by atoms with E-state index in [1.54, 1.807) is 30.6 Å². The number of hydrogen-bond acceptors (Lipinski definition) is 5. The monoisotopic (exact) mass is 356 g/mol. The van der Waals surface area contributed by atoms with Crippen molar-refractivity contribution in [3.8, 4) is 10.4 Å². The molecular formula is C18H13ClN2O2S. The highest BCUT2D eigenvalue weighted by atomic mass is 35.5. The lowest BCUT2D eigenvalue weighted by molar-refractivity contribution is 0.0569. The molecule has 0 unspecified atom stereocenters. The minimum absolute atomic E-state index is 0.0846. The second-order valence-electron chi connectivity index (χ2n) is 4.97. The Morgan fingerprint density at radius 2 is 1.96 bits per heavy atom. The molecule has 6 heteroatoms. The quantitative estimate of drug-likeness (QED) is 0.533. The highest BCUT2D eigenvalue weighted by molar-refractivity contribution is 7.17. The van der Waals surface area contributed by atoms with Crippen LogP contribution in [0.2, 0.25) is 5.02 Å². The molecule has 0 radical (unpaired) electrons. The summed E-state index contributed by atoms with van der Waals surface area (Å²) in [6, 6.07) is 14.5. The van der Waals surface area contributed by atoms with E-state index in [0.29, 0.717) is 15.5 Å². The van der Waals surface area contributed by atoms with Crippen molar-refractivity contribution >= 4 is 34.6 Å². The summed E-state index contributed by atoms with van der Waals surface area (Å²) in [5.41, 5.74) is 1.84. The van der Waals surface area contributed by atoms with Gasteiger partial charge in [-0.25, -0.2) is 4.79 Å². The van der Waals surface area contributed by atoms with Gasteiger partial charge < -0.3 is 10.1 Å². The molecule has 24 heavy (non-hydrogen) atoms. The number of nitrogens with one attached hydrogen (secondary N) is 1. The average molecular weight is 357 g/mol. The largest absolute Gasteiger partial charge is 0.455 e. The fourth-order valence-electron chi connectivity index (χ4n) is 2.05. The lowest BCUT2D eigenvalue weighted by atomic mass is 10.2. The number of carbonyl (C=O) groups excluding carboxylic acids is 1. The minimum Gasteiger partial charge on any atom is -0.455 e. The Labute approximate surface area is 148 Å². The summed E-state index contributed by atoms with van der Waals surface area (Å²) >= 11 is 7.23. The van der Waals surface area contributed by atoms with E-state index >= 15 is 0 Å². The zero-order valence-corrected chi connectivity index (χ0v) is 14.1. The summed E-state index contributed by atoms with van der Waals surface area (Å²) in [7, 11) is 0. The van der Waals surface area contributed by atoms with Gasteiger partial charge in [0.15, 0.2) is 0 Å². The van der Waals surface area contributed by atoms with Gasteiger partial charge in [-0.1, -0.05) is 23.7 Å². The molecule has 3 aromatic rings. The third-order valence-corrected chi connectivity index (χ3v) is 4.66. The highest BCUT2D eigenvalue weighted by Gasteiger charge is 2.13. The Morgan fingerprint density at radius 3 is 2.67 bits per heavy atom. The van der Waals surface area contributed by atoms with Crippen LogP contribution in [-0.4, -0.2) is 23.3 Å². The topological polar surface area (TPSA) is 63.0 Å². The van der Waals surface area contributed by atoms with Crippen LogP contribution in [-0.2, 0) is 4.74 Å². The molecule has 0 aliphatic carbocycles. The maximum Gasteiger partial charge on any atom is 0.348 e. The van der Waals surface area contributed by atoms with Crippen LogP contribution in [0.3, 0.4) is 0 Å². The predicted molar refractivity (Wildman–Crippen MR) is 96.1 cm³/mol. The van der Waals surface area contributed by atoms with Gasteiger partial charge in [0.2, 0.25) is 0 Å². The average Bonchev–Trinajstić information content (AvgIpc) is 3.11. The number of thiophene rings is 1. The first kappa shape index (κ1) is 16.4. The van der Waals surface area contributed by atoms with Gasteiger partial charge in [-0.05, 0) is 42.0 Å². The molecule has 0 atom stereocenters. The molecular weight excluding hydrogens is 344 g/mol. The van der Waals surface area contributed by atoms with E-state index in [0.717, 1.165) is 10.4 Å².